The molecule has 0 atom stereocenters. The zero-order valence-electron chi connectivity index (χ0n) is 19.3. The SMILES string of the molecule is CCOc1ccc(NC(=O)CCC(=O)NNC(=O)CCC(=O)OCCCc2ccccc2)cc1. The Balaban J connectivity index is 1.52. The summed E-state index contributed by atoms with van der Waals surface area (Å²) in [7, 11) is 0. The normalized spacial score (nSPS) is 10.1. The van der Waals surface area contributed by atoms with Crippen LogP contribution in [0.15, 0.2) is 54.6 Å². The topological polar surface area (TPSA) is 123 Å². The minimum absolute atomic E-state index is 0.0514. The van der Waals surface area contributed by atoms with Gasteiger partial charge in [-0.25, -0.2) is 0 Å². The van der Waals surface area contributed by atoms with Crippen LogP contribution in [0.2, 0.25) is 0 Å². The number of esters is 1. The number of aryl methyl sites for hydroxylation is 1. The Morgan fingerprint density at radius 3 is 2.03 bits per heavy atom. The second kappa shape index (κ2) is 15.0. The van der Waals surface area contributed by atoms with Crippen molar-refractivity contribution in [2.24, 2.45) is 0 Å². The van der Waals surface area contributed by atoms with Gasteiger partial charge in [-0.05, 0) is 49.6 Å². The minimum atomic E-state index is -0.520. The molecule has 0 unspecified atom stereocenters. The molecule has 182 valence electrons. The molecule has 0 aliphatic rings. The molecule has 0 heterocycles. The monoisotopic (exact) mass is 469 g/mol. The van der Waals surface area contributed by atoms with Gasteiger partial charge in [0.15, 0.2) is 0 Å². The summed E-state index contributed by atoms with van der Waals surface area (Å²) in [5.41, 5.74) is 6.22. The summed E-state index contributed by atoms with van der Waals surface area (Å²) in [5.74, 6) is -1.14. The predicted octanol–water partition coefficient (Wildman–Crippen LogP) is 2.91. The van der Waals surface area contributed by atoms with Gasteiger partial charge in [0.25, 0.3) is 0 Å². The number of ether oxygens (including phenoxy) is 2. The quantitative estimate of drug-likeness (QED) is 0.236. The molecule has 0 bridgehead atoms. The average molecular weight is 470 g/mol. The summed E-state index contributed by atoms with van der Waals surface area (Å²) in [6, 6.07) is 16.8. The van der Waals surface area contributed by atoms with E-state index in [1.165, 1.54) is 5.56 Å². The van der Waals surface area contributed by atoms with E-state index in [0.29, 0.717) is 24.5 Å². The van der Waals surface area contributed by atoms with Gasteiger partial charge in [0, 0.05) is 24.9 Å². The van der Waals surface area contributed by atoms with Crippen LogP contribution in [0.3, 0.4) is 0 Å². The van der Waals surface area contributed by atoms with Crippen molar-refractivity contribution in [3.63, 3.8) is 0 Å². The smallest absolute Gasteiger partial charge is 0.306 e. The van der Waals surface area contributed by atoms with Crippen molar-refractivity contribution >= 4 is 29.4 Å². The van der Waals surface area contributed by atoms with Crippen LogP contribution in [0.1, 0.15) is 44.6 Å². The third-order valence-corrected chi connectivity index (χ3v) is 4.64. The molecule has 2 aromatic carbocycles. The zero-order valence-corrected chi connectivity index (χ0v) is 19.3. The van der Waals surface area contributed by atoms with Crippen molar-refractivity contribution in [2.45, 2.75) is 45.4 Å². The third kappa shape index (κ3) is 11.1. The lowest BCUT2D eigenvalue weighted by molar-refractivity contribution is -0.145. The van der Waals surface area contributed by atoms with Crippen LogP contribution in [0.5, 0.6) is 5.75 Å². The minimum Gasteiger partial charge on any atom is -0.494 e. The lowest BCUT2D eigenvalue weighted by Crippen LogP contribution is -2.41. The Morgan fingerprint density at radius 1 is 0.765 bits per heavy atom. The van der Waals surface area contributed by atoms with Crippen LogP contribution < -0.4 is 20.9 Å². The molecule has 0 saturated carbocycles. The number of anilines is 1. The Labute approximate surface area is 199 Å². The van der Waals surface area contributed by atoms with Gasteiger partial charge in [0.05, 0.1) is 19.6 Å². The fraction of sp³-hybridized carbons (Fsp3) is 0.360. The first kappa shape index (κ1) is 26.4. The van der Waals surface area contributed by atoms with Gasteiger partial charge in [-0.2, -0.15) is 0 Å². The van der Waals surface area contributed by atoms with Crippen molar-refractivity contribution < 1.29 is 28.7 Å². The zero-order chi connectivity index (χ0) is 24.6. The first-order valence-electron chi connectivity index (χ1n) is 11.3. The molecule has 2 aromatic rings. The van der Waals surface area contributed by atoms with Crippen LogP contribution in [0.25, 0.3) is 0 Å². The van der Waals surface area contributed by atoms with Crippen LogP contribution in [-0.4, -0.2) is 36.9 Å². The number of hydrogen-bond donors (Lipinski definition) is 3. The molecule has 2 rings (SSSR count). The molecule has 0 aliphatic heterocycles. The molecule has 34 heavy (non-hydrogen) atoms. The van der Waals surface area contributed by atoms with Gasteiger partial charge < -0.3 is 14.8 Å². The first-order valence-corrected chi connectivity index (χ1v) is 11.3. The predicted molar refractivity (Wildman–Crippen MR) is 127 cm³/mol. The maximum Gasteiger partial charge on any atom is 0.306 e. The fourth-order valence-electron chi connectivity index (χ4n) is 2.91. The molecule has 0 radical (unpaired) electrons. The second-order valence-corrected chi connectivity index (χ2v) is 7.41. The molecular weight excluding hydrogens is 438 g/mol. The highest BCUT2D eigenvalue weighted by Crippen LogP contribution is 2.15. The first-order chi connectivity index (χ1) is 16.5. The Bertz CT molecular complexity index is 931. The van der Waals surface area contributed by atoms with E-state index in [4.69, 9.17) is 9.47 Å². The van der Waals surface area contributed by atoms with E-state index in [2.05, 4.69) is 16.2 Å². The van der Waals surface area contributed by atoms with Gasteiger partial charge in [-0.3, -0.25) is 30.0 Å². The number of benzene rings is 2. The summed E-state index contributed by atoms with van der Waals surface area (Å²) >= 11 is 0. The lowest BCUT2D eigenvalue weighted by Gasteiger charge is -2.09. The van der Waals surface area contributed by atoms with Crippen molar-refractivity contribution in [1.82, 2.24) is 10.9 Å². The maximum atomic E-state index is 12.0. The van der Waals surface area contributed by atoms with Gasteiger partial charge in [-0.1, -0.05) is 30.3 Å². The van der Waals surface area contributed by atoms with Crippen LogP contribution >= 0.6 is 0 Å². The summed E-state index contributed by atoms with van der Waals surface area (Å²) in [6.45, 7) is 2.72. The highest BCUT2D eigenvalue weighted by molar-refractivity contribution is 5.93. The number of carbonyl (C=O) groups is 4. The number of amides is 3. The van der Waals surface area contributed by atoms with Crippen LogP contribution in [-0.2, 0) is 30.3 Å². The highest BCUT2D eigenvalue weighted by atomic mass is 16.5. The molecule has 9 heteroatoms. The standard InChI is InChI=1S/C25H31N3O6/c1-2-33-21-12-10-20(11-13-21)26-22(29)14-15-23(30)27-28-24(31)16-17-25(32)34-18-6-9-19-7-4-3-5-8-19/h3-5,7-8,10-13H,2,6,9,14-18H2,1H3,(H,26,29)(H,27,30)(H,28,31). The summed E-state index contributed by atoms with van der Waals surface area (Å²) in [5, 5.41) is 2.68. The van der Waals surface area contributed by atoms with Gasteiger partial charge in [0.1, 0.15) is 5.75 Å². The van der Waals surface area contributed by atoms with E-state index in [1.54, 1.807) is 24.3 Å². The van der Waals surface area contributed by atoms with E-state index < -0.39 is 17.8 Å². The lowest BCUT2D eigenvalue weighted by atomic mass is 10.1. The van der Waals surface area contributed by atoms with Crippen molar-refractivity contribution in [3.8, 4) is 5.75 Å². The third-order valence-electron chi connectivity index (χ3n) is 4.64. The summed E-state index contributed by atoms with van der Waals surface area (Å²) in [4.78, 5) is 47.3. The summed E-state index contributed by atoms with van der Waals surface area (Å²) < 4.78 is 10.4. The Morgan fingerprint density at radius 2 is 1.38 bits per heavy atom. The number of hydrazine groups is 1. The van der Waals surface area contributed by atoms with E-state index in [9.17, 15) is 19.2 Å². The van der Waals surface area contributed by atoms with Crippen LogP contribution in [0, 0.1) is 0 Å². The Hall–Kier alpha value is -3.88. The second-order valence-electron chi connectivity index (χ2n) is 7.41. The summed E-state index contributed by atoms with van der Waals surface area (Å²) in [6.07, 6.45) is 1.15. The van der Waals surface area contributed by atoms with Crippen LogP contribution in [0.4, 0.5) is 5.69 Å². The van der Waals surface area contributed by atoms with Crippen molar-refractivity contribution in [1.29, 1.82) is 0 Å². The van der Waals surface area contributed by atoms with E-state index in [-0.39, 0.29) is 38.2 Å². The molecule has 3 amide bonds. The highest BCUT2D eigenvalue weighted by Gasteiger charge is 2.11. The van der Waals surface area contributed by atoms with Crippen molar-refractivity contribution in [2.75, 3.05) is 18.5 Å². The number of hydrogen-bond acceptors (Lipinski definition) is 6. The molecular formula is C25H31N3O6. The Kier molecular flexibility index (Phi) is 11.7. The molecule has 3 N–H and O–H groups in total. The molecule has 0 saturated heterocycles. The molecule has 0 fully saturated rings. The number of nitrogens with one attached hydrogen (secondary N) is 3. The van der Waals surface area contributed by atoms with E-state index >= 15 is 0 Å². The molecule has 0 aliphatic carbocycles. The largest absolute Gasteiger partial charge is 0.494 e. The van der Waals surface area contributed by atoms with E-state index in [1.807, 2.05) is 37.3 Å². The molecule has 0 aromatic heterocycles. The maximum absolute atomic E-state index is 12.0. The van der Waals surface area contributed by atoms with Crippen molar-refractivity contribution in [3.05, 3.63) is 60.2 Å². The van der Waals surface area contributed by atoms with Gasteiger partial charge >= 0.3 is 5.97 Å². The number of rotatable bonds is 13. The fourth-order valence-corrected chi connectivity index (χ4v) is 2.91. The number of carbonyl (C=O) groups excluding carboxylic acids is 4. The van der Waals surface area contributed by atoms with Gasteiger partial charge in [-0.15, -0.1) is 0 Å². The molecule has 0 spiro atoms. The van der Waals surface area contributed by atoms with E-state index in [0.717, 1.165) is 6.42 Å². The average Bonchev–Trinajstić information content (AvgIpc) is 2.85. The molecule has 9 nitrogen and oxygen atoms in total. The van der Waals surface area contributed by atoms with Gasteiger partial charge in [0.2, 0.25) is 17.7 Å².